The summed E-state index contributed by atoms with van der Waals surface area (Å²) in [5.41, 5.74) is 7.39. The van der Waals surface area contributed by atoms with Crippen LogP contribution >= 0.6 is 0 Å². The van der Waals surface area contributed by atoms with E-state index in [0.717, 1.165) is 18.0 Å². The van der Waals surface area contributed by atoms with Crippen LogP contribution in [0.4, 0.5) is 4.39 Å². The van der Waals surface area contributed by atoms with Crippen molar-refractivity contribution in [3.8, 4) is 0 Å². The molecule has 1 aromatic rings. The molecule has 1 rings (SSSR count). The number of benzene rings is 1. The second kappa shape index (κ2) is 4.21. The zero-order chi connectivity index (χ0) is 8.97. The molecule has 1 aromatic carbocycles. The normalized spacial score (nSPS) is 10.7. The summed E-state index contributed by atoms with van der Waals surface area (Å²) in [5, 5.41) is 0. The van der Waals surface area contributed by atoms with Gasteiger partial charge in [0.1, 0.15) is 6.67 Å². The molecule has 2 N–H and O–H groups in total. The average Bonchev–Trinajstić information content (AvgIpc) is 2.05. The SMILES string of the molecule is C[C](N)Cc1ccc(CF)cc1. The summed E-state index contributed by atoms with van der Waals surface area (Å²) in [5.74, 6) is 0. The van der Waals surface area contributed by atoms with E-state index in [1.54, 1.807) is 12.1 Å². The molecule has 0 aliphatic carbocycles. The van der Waals surface area contributed by atoms with Crippen molar-refractivity contribution in [1.82, 2.24) is 0 Å². The molecule has 1 radical (unpaired) electrons. The van der Waals surface area contributed by atoms with Crippen LogP contribution in [-0.4, -0.2) is 0 Å². The maximum Gasteiger partial charge on any atom is 0.115 e. The van der Waals surface area contributed by atoms with Crippen molar-refractivity contribution in [2.24, 2.45) is 5.73 Å². The monoisotopic (exact) mass is 166 g/mol. The largest absolute Gasteiger partial charge is 0.323 e. The third kappa shape index (κ3) is 2.62. The first-order valence-electron chi connectivity index (χ1n) is 3.94. The minimum atomic E-state index is -0.397. The van der Waals surface area contributed by atoms with E-state index in [2.05, 4.69) is 0 Å². The molecule has 0 fully saturated rings. The van der Waals surface area contributed by atoms with Crippen LogP contribution in [0.25, 0.3) is 0 Å². The minimum Gasteiger partial charge on any atom is -0.323 e. The summed E-state index contributed by atoms with van der Waals surface area (Å²) in [6.07, 6.45) is 0.770. The van der Waals surface area contributed by atoms with Crippen molar-refractivity contribution in [1.29, 1.82) is 0 Å². The summed E-state index contributed by atoms with van der Waals surface area (Å²) in [6, 6.07) is 8.27. The summed E-state index contributed by atoms with van der Waals surface area (Å²) >= 11 is 0. The van der Waals surface area contributed by atoms with E-state index in [9.17, 15) is 4.39 Å². The molecule has 0 saturated carbocycles. The van der Waals surface area contributed by atoms with Gasteiger partial charge in [-0.05, 0) is 24.5 Å². The zero-order valence-corrected chi connectivity index (χ0v) is 7.18. The van der Waals surface area contributed by atoms with Crippen molar-refractivity contribution in [2.75, 3.05) is 0 Å². The number of hydrogen-bond acceptors (Lipinski definition) is 1. The average molecular weight is 166 g/mol. The van der Waals surface area contributed by atoms with Crippen LogP contribution in [0.15, 0.2) is 24.3 Å². The van der Waals surface area contributed by atoms with Crippen LogP contribution in [0.3, 0.4) is 0 Å². The highest BCUT2D eigenvalue weighted by Crippen LogP contribution is 2.08. The highest BCUT2D eigenvalue weighted by Gasteiger charge is 1.98. The topological polar surface area (TPSA) is 26.0 Å². The Labute approximate surface area is 72.4 Å². The molecule has 0 bridgehead atoms. The molecule has 0 saturated heterocycles. The fourth-order valence-corrected chi connectivity index (χ4v) is 1.07. The number of alkyl halides is 1. The second-order valence-corrected chi connectivity index (χ2v) is 2.97. The van der Waals surface area contributed by atoms with Gasteiger partial charge in [0.25, 0.3) is 0 Å². The zero-order valence-electron chi connectivity index (χ0n) is 7.18. The molecule has 0 heterocycles. The van der Waals surface area contributed by atoms with Gasteiger partial charge in [-0.1, -0.05) is 24.3 Å². The highest BCUT2D eigenvalue weighted by atomic mass is 19.1. The first-order valence-corrected chi connectivity index (χ1v) is 3.94. The lowest BCUT2D eigenvalue weighted by molar-refractivity contribution is 0.485. The van der Waals surface area contributed by atoms with Gasteiger partial charge in [-0.25, -0.2) is 4.39 Å². The van der Waals surface area contributed by atoms with Gasteiger partial charge in [-0.2, -0.15) is 0 Å². The van der Waals surface area contributed by atoms with E-state index < -0.39 is 6.67 Å². The molecule has 2 heteroatoms. The maximum atomic E-state index is 12.1. The van der Waals surface area contributed by atoms with Crippen LogP contribution in [0, 0.1) is 6.04 Å². The molecule has 0 amide bonds. The summed E-state index contributed by atoms with van der Waals surface area (Å²) in [4.78, 5) is 0. The number of rotatable bonds is 3. The molecule has 12 heavy (non-hydrogen) atoms. The van der Waals surface area contributed by atoms with E-state index in [0.29, 0.717) is 5.56 Å². The van der Waals surface area contributed by atoms with Gasteiger partial charge in [0.2, 0.25) is 0 Å². The van der Waals surface area contributed by atoms with Gasteiger partial charge in [0.05, 0.1) is 0 Å². The lowest BCUT2D eigenvalue weighted by atomic mass is 10.1. The summed E-state index contributed by atoms with van der Waals surface area (Å²) in [7, 11) is 0. The van der Waals surface area contributed by atoms with Crippen LogP contribution in [0.1, 0.15) is 18.1 Å². The van der Waals surface area contributed by atoms with Gasteiger partial charge >= 0.3 is 0 Å². The Bertz CT molecular complexity index is 228. The third-order valence-electron chi connectivity index (χ3n) is 1.66. The molecule has 0 aromatic heterocycles. The molecule has 1 nitrogen and oxygen atoms in total. The Morgan fingerprint density at radius 3 is 2.17 bits per heavy atom. The van der Waals surface area contributed by atoms with Crippen LogP contribution < -0.4 is 5.73 Å². The smallest absolute Gasteiger partial charge is 0.115 e. The predicted molar refractivity (Wildman–Crippen MR) is 48.1 cm³/mol. The Kier molecular flexibility index (Phi) is 3.23. The Morgan fingerprint density at radius 1 is 1.25 bits per heavy atom. The lowest BCUT2D eigenvalue weighted by Gasteiger charge is -2.04. The van der Waals surface area contributed by atoms with Gasteiger partial charge in [-0.3, -0.25) is 0 Å². The van der Waals surface area contributed by atoms with E-state index in [1.165, 1.54) is 0 Å². The fourth-order valence-electron chi connectivity index (χ4n) is 1.07. The van der Waals surface area contributed by atoms with E-state index >= 15 is 0 Å². The predicted octanol–water partition coefficient (Wildman–Crippen LogP) is 2.21. The first-order chi connectivity index (χ1) is 5.72. The van der Waals surface area contributed by atoms with Gasteiger partial charge in [0, 0.05) is 6.04 Å². The minimum absolute atomic E-state index is 0.397. The maximum absolute atomic E-state index is 12.1. The second-order valence-electron chi connectivity index (χ2n) is 2.97. The van der Waals surface area contributed by atoms with Gasteiger partial charge in [-0.15, -0.1) is 0 Å². The molecule has 0 aliphatic rings. The Balaban J connectivity index is 2.65. The number of nitrogens with two attached hydrogens (primary N) is 1. The number of hydrogen-bond donors (Lipinski definition) is 1. The first kappa shape index (κ1) is 9.20. The van der Waals surface area contributed by atoms with Crippen LogP contribution in [-0.2, 0) is 13.1 Å². The third-order valence-corrected chi connectivity index (χ3v) is 1.66. The molecule has 65 valence electrons. The highest BCUT2D eigenvalue weighted by molar-refractivity contribution is 5.23. The van der Waals surface area contributed by atoms with Crippen molar-refractivity contribution in [2.45, 2.75) is 20.0 Å². The number of halogens is 1. The van der Waals surface area contributed by atoms with Crippen LogP contribution in [0.2, 0.25) is 0 Å². The lowest BCUT2D eigenvalue weighted by Crippen LogP contribution is -2.07. The molecular formula is C10H13FN. The molecule has 0 atom stereocenters. The Hall–Kier alpha value is -0.890. The van der Waals surface area contributed by atoms with Crippen molar-refractivity contribution in [3.05, 3.63) is 41.4 Å². The quantitative estimate of drug-likeness (QED) is 0.732. The summed E-state index contributed by atoms with van der Waals surface area (Å²) in [6.45, 7) is 1.48. The van der Waals surface area contributed by atoms with E-state index in [-0.39, 0.29) is 0 Å². The van der Waals surface area contributed by atoms with Crippen molar-refractivity contribution in [3.63, 3.8) is 0 Å². The molecular weight excluding hydrogens is 153 g/mol. The standard InChI is InChI=1S/C10H13FN/c1-8(12)6-9-2-4-10(7-11)5-3-9/h2-5H,6-7,12H2,1H3. The summed E-state index contributed by atoms with van der Waals surface area (Å²) < 4.78 is 12.1. The van der Waals surface area contributed by atoms with E-state index in [4.69, 9.17) is 5.73 Å². The molecule has 0 aliphatic heterocycles. The van der Waals surface area contributed by atoms with E-state index in [1.807, 2.05) is 19.1 Å². The Morgan fingerprint density at radius 2 is 1.75 bits per heavy atom. The fraction of sp³-hybridized carbons (Fsp3) is 0.300. The van der Waals surface area contributed by atoms with Crippen molar-refractivity contribution >= 4 is 0 Å². The molecule has 0 unspecified atom stereocenters. The molecule has 0 spiro atoms. The van der Waals surface area contributed by atoms with Gasteiger partial charge < -0.3 is 5.73 Å². The van der Waals surface area contributed by atoms with Gasteiger partial charge in [0.15, 0.2) is 0 Å². The van der Waals surface area contributed by atoms with Crippen LogP contribution in [0.5, 0.6) is 0 Å². The van der Waals surface area contributed by atoms with Crippen molar-refractivity contribution < 1.29 is 4.39 Å².